The highest BCUT2D eigenvalue weighted by atomic mass is 35.5. The summed E-state index contributed by atoms with van der Waals surface area (Å²) in [6.45, 7) is 5.58. The number of ether oxygens (including phenoxy) is 1. The first-order valence-corrected chi connectivity index (χ1v) is 8.37. The smallest absolute Gasteiger partial charge is 0.271 e. The number of rotatable bonds is 6. The van der Waals surface area contributed by atoms with Crippen molar-refractivity contribution in [3.8, 4) is 5.75 Å². The third kappa shape index (κ3) is 4.76. The maximum Gasteiger partial charge on any atom is 0.271 e. The summed E-state index contributed by atoms with van der Waals surface area (Å²) < 4.78 is 5.92. The fourth-order valence-electron chi connectivity index (χ4n) is 2.28. The monoisotopic (exact) mass is 363 g/mol. The standard InChI is InChI=1S/C18H22ClN3O3/c1-10(2)21-17(23)14-9-15(16(22-14)18(24)20-4)25-11(3)12-5-7-13(19)8-6-12/h5-11,22H,1-4H3,(H,20,24)(H,21,23)/t11-/m0/s1. The Kier molecular flexibility index (Phi) is 6.09. The molecule has 1 atom stereocenters. The van der Waals surface area contributed by atoms with Crippen LogP contribution in [0.2, 0.25) is 5.02 Å². The van der Waals surface area contributed by atoms with Crippen molar-refractivity contribution in [2.45, 2.75) is 32.9 Å². The Hall–Kier alpha value is -2.47. The summed E-state index contributed by atoms with van der Waals surface area (Å²) in [5.74, 6) is -0.341. The Morgan fingerprint density at radius 3 is 2.32 bits per heavy atom. The lowest BCUT2D eigenvalue weighted by Gasteiger charge is -2.15. The SMILES string of the molecule is CNC(=O)c1[nH]c(C(=O)NC(C)C)cc1O[C@@H](C)c1ccc(Cl)cc1. The van der Waals surface area contributed by atoms with E-state index < -0.39 is 0 Å². The summed E-state index contributed by atoms with van der Waals surface area (Å²) >= 11 is 5.90. The number of aromatic nitrogens is 1. The Morgan fingerprint density at radius 1 is 1.12 bits per heavy atom. The number of hydrogen-bond donors (Lipinski definition) is 3. The van der Waals surface area contributed by atoms with Gasteiger partial charge in [0, 0.05) is 24.2 Å². The molecule has 0 radical (unpaired) electrons. The van der Waals surface area contributed by atoms with E-state index in [2.05, 4.69) is 15.6 Å². The molecular weight excluding hydrogens is 342 g/mol. The van der Waals surface area contributed by atoms with Gasteiger partial charge in [0.1, 0.15) is 17.5 Å². The van der Waals surface area contributed by atoms with Crippen LogP contribution in [0.25, 0.3) is 0 Å². The number of hydrogen-bond acceptors (Lipinski definition) is 3. The average molecular weight is 364 g/mol. The Bertz CT molecular complexity index is 753. The molecule has 1 aromatic heterocycles. The number of amides is 2. The molecule has 0 aliphatic carbocycles. The van der Waals surface area contributed by atoms with Crippen molar-refractivity contribution in [2.75, 3.05) is 7.05 Å². The molecule has 0 saturated carbocycles. The summed E-state index contributed by atoms with van der Waals surface area (Å²) in [5, 5.41) is 5.95. The molecule has 2 amide bonds. The average Bonchev–Trinajstić information content (AvgIpc) is 2.98. The van der Waals surface area contributed by atoms with Crippen LogP contribution in [-0.2, 0) is 0 Å². The largest absolute Gasteiger partial charge is 0.484 e. The molecule has 2 rings (SSSR count). The van der Waals surface area contributed by atoms with E-state index in [1.807, 2.05) is 32.9 Å². The van der Waals surface area contributed by atoms with E-state index in [4.69, 9.17) is 16.3 Å². The molecule has 7 heteroatoms. The lowest BCUT2D eigenvalue weighted by atomic mass is 10.1. The zero-order valence-corrected chi connectivity index (χ0v) is 15.4. The van der Waals surface area contributed by atoms with Crippen LogP contribution in [0.15, 0.2) is 30.3 Å². The molecule has 0 spiro atoms. The number of carbonyl (C=O) groups excluding carboxylic acids is 2. The van der Waals surface area contributed by atoms with Crippen LogP contribution in [0.3, 0.4) is 0 Å². The highest BCUT2D eigenvalue weighted by Crippen LogP contribution is 2.27. The Morgan fingerprint density at radius 2 is 1.76 bits per heavy atom. The van der Waals surface area contributed by atoms with Crippen molar-refractivity contribution >= 4 is 23.4 Å². The number of aromatic amines is 1. The van der Waals surface area contributed by atoms with Gasteiger partial charge in [-0.2, -0.15) is 0 Å². The van der Waals surface area contributed by atoms with Gasteiger partial charge < -0.3 is 20.4 Å². The van der Waals surface area contributed by atoms with Crippen molar-refractivity contribution in [1.29, 1.82) is 0 Å². The van der Waals surface area contributed by atoms with Crippen molar-refractivity contribution < 1.29 is 14.3 Å². The van der Waals surface area contributed by atoms with Gasteiger partial charge >= 0.3 is 0 Å². The summed E-state index contributed by atoms with van der Waals surface area (Å²) in [4.78, 5) is 27.1. The maximum absolute atomic E-state index is 12.2. The van der Waals surface area contributed by atoms with E-state index in [1.54, 1.807) is 12.1 Å². The second-order valence-electron chi connectivity index (χ2n) is 5.94. The number of halogens is 1. The third-order valence-corrected chi connectivity index (χ3v) is 3.80. The molecule has 134 valence electrons. The van der Waals surface area contributed by atoms with E-state index in [9.17, 15) is 9.59 Å². The predicted molar refractivity (Wildman–Crippen MR) is 97.3 cm³/mol. The van der Waals surface area contributed by atoms with Gasteiger partial charge in [0.05, 0.1) is 0 Å². The Balaban J connectivity index is 2.28. The van der Waals surface area contributed by atoms with Gasteiger partial charge in [0.2, 0.25) is 0 Å². The molecular formula is C18H22ClN3O3. The van der Waals surface area contributed by atoms with Crippen molar-refractivity contribution in [2.24, 2.45) is 0 Å². The maximum atomic E-state index is 12.2. The topological polar surface area (TPSA) is 83.2 Å². The number of benzene rings is 1. The molecule has 3 N–H and O–H groups in total. The van der Waals surface area contributed by atoms with Crippen LogP contribution in [0.1, 0.15) is 53.4 Å². The molecule has 25 heavy (non-hydrogen) atoms. The van der Waals surface area contributed by atoms with Gasteiger partial charge in [-0.25, -0.2) is 0 Å². The first kappa shape index (κ1) is 18.9. The fourth-order valence-corrected chi connectivity index (χ4v) is 2.40. The number of nitrogens with one attached hydrogen (secondary N) is 3. The van der Waals surface area contributed by atoms with Crippen LogP contribution in [0.4, 0.5) is 0 Å². The van der Waals surface area contributed by atoms with Crippen LogP contribution in [-0.4, -0.2) is 29.9 Å². The molecule has 6 nitrogen and oxygen atoms in total. The molecule has 0 aliphatic heterocycles. The molecule has 0 unspecified atom stereocenters. The molecule has 0 fully saturated rings. The number of H-pyrrole nitrogens is 1. The van der Waals surface area contributed by atoms with Crippen molar-refractivity contribution in [3.05, 3.63) is 52.3 Å². The van der Waals surface area contributed by atoms with E-state index >= 15 is 0 Å². The van der Waals surface area contributed by atoms with E-state index in [0.29, 0.717) is 10.8 Å². The first-order valence-electron chi connectivity index (χ1n) is 8.00. The van der Waals surface area contributed by atoms with Gasteiger partial charge in [-0.1, -0.05) is 23.7 Å². The van der Waals surface area contributed by atoms with Gasteiger partial charge in [0.25, 0.3) is 11.8 Å². The fraction of sp³-hybridized carbons (Fsp3) is 0.333. The highest BCUT2D eigenvalue weighted by molar-refractivity contribution is 6.30. The van der Waals surface area contributed by atoms with Gasteiger partial charge in [-0.15, -0.1) is 0 Å². The van der Waals surface area contributed by atoms with Gasteiger partial charge in [-0.3, -0.25) is 9.59 Å². The van der Waals surface area contributed by atoms with Crippen molar-refractivity contribution in [3.63, 3.8) is 0 Å². The lowest BCUT2D eigenvalue weighted by molar-refractivity contribution is 0.0938. The second kappa shape index (κ2) is 8.07. The van der Waals surface area contributed by atoms with Crippen LogP contribution < -0.4 is 15.4 Å². The molecule has 0 saturated heterocycles. The minimum atomic E-state index is -0.359. The molecule has 1 heterocycles. The van der Waals surface area contributed by atoms with Crippen LogP contribution >= 0.6 is 11.6 Å². The van der Waals surface area contributed by atoms with E-state index in [-0.39, 0.29) is 35.3 Å². The van der Waals surface area contributed by atoms with Gasteiger partial charge in [0.15, 0.2) is 5.75 Å². The highest BCUT2D eigenvalue weighted by Gasteiger charge is 2.21. The summed E-state index contributed by atoms with van der Waals surface area (Å²) in [6.07, 6.45) is -0.322. The van der Waals surface area contributed by atoms with Crippen LogP contribution in [0.5, 0.6) is 5.75 Å². The second-order valence-corrected chi connectivity index (χ2v) is 6.38. The third-order valence-electron chi connectivity index (χ3n) is 3.54. The molecule has 0 aliphatic rings. The zero-order chi connectivity index (χ0) is 18.6. The predicted octanol–water partition coefficient (Wildman–Crippen LogP) is 3.31. The summed E-state index contributed by atoms with van der Waals surface area (Å²) in [5.41, 5.74) is 1.38. The van der Waals surface area contributed by atoms with Gasteiger partial charge in [-0.05, 0) is 38.5 Å². The minimum Gasteiger partial charge on any atom is -0.484 e. The normalized spacial score (nSPS) is 11.9. The van der Waals surface area contributed by atoms with E-state index in [0.717, 1.165) is 5.56 Å². The summed E-state index contributed by atoms with van der Waals surface area (Å²) in [6, 6.07) is 8.77. The quantitative estimate of drug-likeness (QED) is 0.736. The first-order chi connectivity index (χ1) is 11.8. The summed E-state index contributed by atoms with van der Waals surface area (Å²) in [7, 11) is 1.52. The lowest BCUT2D eigenvalue weighted by Crippen LogP contribution is -2.30. The zero-order valence-electron chi connectivity index (χ0n) is 14.6. The molecule has 2 aromatic rings. The molecule has 0 bridgehead atoms. The number of carbonyl (C=O) groups is 2. The van der Waals surface area contributed by atoms with Crippen molar-refractivity contribution in [1.82, 2.24) is 15.6 Å². The van der Waals surface area contributed by atoms with E-state index in [1.165, 1.54) is 13.1 Å². The molecule has 1 aromatic carbocycles. The Labute approximate surface area is 151 Å². The van der Waals surface area contributed by atoms with Crippen LogP contribution in [0, 0.1) is 0 Å². The minimum absolute atomic E-state index is 0.0170.